The smallest absolute Gasteiger partial charge is 0.349 e. The zero-order chi connectivity index (χ0) is 30.5. The van der Waals surface area contributed by atoms with Gasteiger partial charge in [0.25, 0.3) is 0 Å². The standard InChI is InChI=1S/C31H31Cl2FN6O2.CH4/c1-7-24(41)38-14-19(6)39(15-18(38)5)29-21-13-23(33)27(20-9-8-10-22(32)25(20)34)36-30(21)40(31(42)37-29)28-17(4)11-12-35-26(28)16(2)3;/h7-13,16,18-19H,1,14-15H2,2-6H3;1H4/t18-,19+;/m1./s1. The molecule has 1 fully saturated rings. The second-order valence-corrected chi connectivity index (χ2v) is 11.7. The molecule has 2 atom stereocenters. The van der Waals surface area contributed by atoms with Gasteiger partial charge in [-0.2, -0.15) is 4.98 Å². The number of aromatic nitrogens is 4. The molecule has 43 heavy (non-hydrogen) atoms. The van der Waals surface area contributed by atoms with E-state index in [-0.39, 0.29) is 58.3 Å². The minimum Gasteiger partial charge on any atom is -0.349 e. The summed E-state index contributed by atoms with van der Waals surface area (Å²) in [6, 6.07) is 7.72. The van der Waals surface area contributed by atoms with Gasteiger partial charge in [0, 0.05) is 36.9 Å². The number of aryl methyl sites for hydroxylation is 1. The van der Waals surface area contributed by atoms with Crippen LogP contribution in [0.15, 0.2) is 54.0 Å². The quantitative estimate of drug-likeness (QED) is 0.223. The van der Waals surface area contributed by atoms with Crippen LogP contribution in [-0.4, -0.2) is 55.5 Å². The number of anilines is 1. The second-order valence-electron chi connectivity index (χ2n) is 10.9. The van der Waals surface area contributed by atoms with Crippen LogP contribution >= 0.6 is 23.2 Å². The Morgan fingerprint density at radius 3 is 2.51 bits per heavy atom. The van der Waals surface area contributed by atoms with Gasteiger partial charge in [0.15, 0.2) is 11.5 Å². The number of carbonyl (C=O) groups is 1. The third-order valence-corrected chi connectivity index (χ3v) is 8.23. The SMILES string of the molecule is C.C=CC(=O)N1C[C@H](C)N(c2nc(=O)n(-c3c(C)ccnc3C(C)C)c3nc(-c4cccc(Cl)c4F)c(Cl)cc23)C[C@H]1C. The van der Waals surface area contributed by atoms with Crippen LogP contribution in [0.3, 0.4) is 0 Å². The van der Waals surface area contributed by atoms with Gasteiger partial charge in [-0.05, 0) is 62.6 Å². The van der Waals surface area contributed by atoms with Gasteiger partial charge in [-0.25, -0.2) is 18.7 Å². The number of nitrogens with zero attached hydrogens (tertiary/aromatic N) is 6. The molecule has 1 saturated heterocycles. The molecule has 3 aromatic heterocycles. The molecule has 1 aliphatic rings. The van der Waals surface area contributed by atoms with Crippen LogP contribution in [0.25, 0.3) is 28.0 Å². The number of hydrogen-bond donors (Lipinski definition) is 0. The molecule has 0 aliphatic carbocycles. The first-order valence-electron chi connectivity index (χ1n) is 13.7. The highest BCUT2D eigenvalue weighted by Gasteiger charge is 2.34. The number of fused-ring (bicyclic) bond motifs is 1. The topological polar surface area (TPSA) is 84.2 Å². The van der Waals surface area contributed by atoms with Crippen LogP contribution in [0.2, 0.25) is 10.0 Å². The van der Waals surface area contributed by atoms with Gasteiger partial charge >= 0.3 is 5.69 Å². The van der Waals surface area contributed by atoms with Gasteiger partial charge in [0.1, 0.15) is 5.82 Å². The van der Waals surface area contributed by atoms with Gasteiger partial charge in [-0.1, -0.05) is 57.1 Å². The normalized spacial score (nSPS) is 16.9. The van der Waals surface area contributed by atoms with Crippen LogP contribution in [0, 0.1) is 12.7 Å². The highest BCUT2D eigenvalue weighted by molar-refractivity contribution is 6.34. The fraction of sp³-hybridized carbons (Fsp3) is 0.344. The molecule has 0 radical (unpaired) electrons. The summed E-state index contributed by atoms with van der Waals surface area (Å²) >= 11 is 12.9. The van der Waals surface area contributed by atoms with Gasteiger partial charge in [-0.3, -0.25) is 9.78 Å². The average Bonchev–Trinajstić information content (AvgIpc) is 2.95. The monoisotopic (exact) mass is 624 g/mol. The summed E-state index contributed by atoms with van der Waals surface area (Å²) in [5, 5.41) is 0.606. The number of piperazine rings is 1. The lowest BCUT2D eigenvalue weighted by molar-refractivity contribution is -0.128. The van der Waals surface area contributed by atoms with Crippen molar-refractivity contribution in [2.75, 3.05) is 18.0 Å². The van der Waals surface area contributed by atoms with Crippen molar-refractivity contribution < 1.29 is 9.18 Å². The number of benzene rings is 1. The minimum atomic E-state index is -0.665. The van der Waals surface area contributed by atoms with Gasteiger partial charge in [0.2, 0.25) is 5.91 Å². The van der Waals surface area contributed by atoms with Gasteiger partial charge in [0.05, 0.1) is 32.5 Å². The molecule has 1 amide bonds. The lowest BCUT2D eigenvalue weighted by Crippen LogP contribution is -2.58. The zero-order valence-corrected chi connectivity index (χ0v) is 25.5. The molecule has 4 heterocycles. The molecule has 11 heteroatoms. The van der Waals surface area contributed by atoms with E-state index < -0.39 is 11.5 Å². The fourth-order valence-corrected chi connectivity index (χ4v) is 5.96. The number of halogens is 3. The van der Waals surface area contributed by atoms with E-state index in [0.29, 0.717) is 35.7 Å². The fourth-order valence-electron chi connectivity index (χ4n) is 5.53. The lowest BCUT2D eigenvalue weighted by Gasteiger charge is -2.44. The van der Waals surface area contributed by atoms with E-state index in [2.05, 4.69) is 16.5 Å². The van der Waals surface area contributed by atoms with E-state index in [4.69, 9.17) is 28.2 Å². The van der Waals surface area contributed by atoms with Crippen LogP contribution in [0.1, 0.15) is 52.3 Å². The Labute approximate surface area is 260 Å². The maximum absolute atomic E-state index is 15.2. The van der Waals surface area contributed by atoms with E-state index in [0.717, 1.165) is 5.56 Å². The van der Waals surface area contributed by atoms with Gasteiger partial charge in [-0.15, -0.1) is 0 Å². The molecule has 1 aromatic carbocycles. The van der Waals surface area contributed by atoms with Crippen molar-refractivity contribution >= 4 is 46.0 Å². The van der Waals surface area contributed by atoms with E-state index in [1.165, 1.54) is 16.7 Å². The third-order valence-electron chi connectivity index (χ3n) is 7.65. The van der Waals surface area contributed by atoms with Crippen molar-refractivity contribution in [3.05, 3.63) is 86.8 Å². The molecule has 0 unspecified atom stereocenters. The van der Waals surface area contributed by atoms with E-state index in [9.17, 15) is 9.59 Å². The van der Waals surface area contributed by atoms with E-state index in [1.807, 2.05) is 45.6 Å². The number of rotatable bonds is 5. The van der Waals surface area contributed by atoms with E-state index >= 15 is 4.39 Å². The highest BCUT2D eigenvalue weighted by atomic mass is 35.5. The minimum absolute atomic E-state index is 0. The molecule has 4 aromatic rings. The molecule has 8 nitrogen and oxygen atoms in total. The van der Waals surface area contributed by atoms with Crippen LogP contribution < -0.4 is 10.6 Å². The Balaban J connectivity index is 0.00000423. The number of hydrogen-bond acceptors (Lipinski definition) is 6. The third kappa shape index (κ3) is 5.63. The summed E-state index contributed by atoms with van der Waals surface area (Å²) in [5.41, 5.74) is 2.01. The lowest BCUT2D eigenvalue weighted by atomic mass is 10.0. The van der Waals surface area contributed by atoms with Crippen LogP contribution in [0.5, 0.6) is 0 Å². The Bertz CT molecular complexity index is 1790. The molecular formula is C32H35Cl2FN6O2. The average molecular weight is 626 g/mol. The van der Waals surface area contributed by atoms with E-state index in [1.54, 1.807) is 29.3 Å². The Morgan fingerprint density at radius 1 is 1.12 bits per heavy atom. The van der Waals surface area contributed by atoms with Crippen molar-refractivity contribution in [1.29, 1.82) is 0 Å². The molecule has 0 saturated carbocycles. The second kappa shape index (κ2) is 12.4. The Kier molecular flexibility index (Phi) is 9.27. The molecule has 226 valence electrons. The first kappa shape index (κ1) is 32.1. The molecule has 5 rings (SSSR count). The van der Waals surface area contributed by atoms with Crippen molar-refractivity contribution in [3.63, 3.8) is 0 Å². The van der Waals surface area contributed by atoms with Crippen molar-refractivity contribution in [2.45, 2.75) is 60.0 Å². The summed E-state index contributed by atoms with van der Waals surface area (Å²) in [7, 11) is 0. The highest BCUT2D eigenvalue weighted by Crippen LogP contribution is 2.37. The largest absolute Gasteiger partial charge is 0.355 e. The molecule has 0 spiro atoms. The summed E-state index contributed by atoms with van der Waals surface area (Å²) in [6.45, 7) is 14.2. The van der Waals surface area contributed by atoms with Crippen LogP contribution in [0.4, 0.5) is 10.2 Å². The summed E-state index contributed by atoms with van der Waals surface area (Å²) in [5.74, 6) is -0.457. The Hall–Kier alpha value is -3.82. The first-order chi connectivity index (χ1) is 19.9. The summed E-state index contributed by atoms with van der Waals surface area (Å²) < 4.78 is 16.7. The number of pyridine rings is 2. The number of carbonyl (C=O) groups excluding carboxylic acids is 1. The zero-order valence-electron chi connectivity index (χ0n) is 24.0. The van der Waals surface area contributed by atoms with Crippen molar-refractivity contribution in [3.8, 4) is 16.9 Å². The van der Waals surface area contributed by atoms with Gasteiger partial charge < -0.3 is 9.80 Å². The maximum Gasteiger partial charge on any atom is 0.355 e. The predicted octanol–water partition coefficient (Wildman–Crippen LogP) is 6.97. The van der Waals surface area contributed by atoms with Crippen molar-refractivity contribution in [1.82, 2.24) is 24.4 Å². The molecule has 0 bridgehead atoms. The maximum atomic E-state index is 15.2. The molecule has 1 aliphatic heterocycles. The summed E-state index contributed by atoms with van der Waals surface area (Å²) in [6.07, 6.45) is 3.00. The predicted molar refractivity (Wildman–Crippen MR) is 172 cm³/mol. The first-order valence-corrected chi connectivity index (χ1v) is 14.4. The Morgan fingerprint density at radius 2 is 1.84 bits per heavy atom. The van der Waals surface area contributed by atoms with Crippen molar-refractivity contribution in [2.24, 2.45) is 0 Å². The molecular weight excluding hydrogens is 590 g/mol. The molecule has 0 N–H and O–H groups in total. The number of amides is 1. The van der Waals surface area contributed by atoms with Crippen LogP contribution in [-0.2, 0) is 4.79 Å². The summed E-state index contributed by atoms with van der Waals surface area (Å²) in [4.78, 5) is 44.2.